The maximum absolute atomic E-state index is 11.9. The van der Waals surface area contributed by atoms with Crippen molar-refractivity contribution >= 4 is 11.9 Å². The highest BCUT2D eigenvalue weighted by molar-refractivity contribution is 5.86. The molecular formula is C13H18N2O5. The Bertz CT molecular complexity index is 491. The average molecular weight is 282 g/mol. The molecule has 0 saturated carbocycles. The summed E-state index contributed by atoms with van der Waals surface area (Å²) in [6, 6.07) is 3.05. The van der Waals surface area contributed by atoms with E-state index in [0.29, 0.717) is 19.8 Å². The van der Waals surface area contributed by atoms with E-state index in [1.54, 1.807) is 19.4 Å². The van der Waals surface area contributed by atoms with E-state index in [2.05, 4.69) is 5.32 Å². The summed E-state index contributed by atoms with van der Waals surface area (Å²) in [5.74, 6) is -1.31. The van der Waals surface area contributed by atoms with Gasteiger partial charge in [-0.05, 0) is 12.1 Å². The molecule has 2 rings (SSSR count). The van der Waals surface area contributed by atoms with Gasteiger partial charge in [0.2, 0.25) is 5.91 Å². The minimum Gasteiger partial charge on any atom is -0.477 e. The number of carboxylic acids is 1. The van der Waals surface area contributed by atoms with Crippen molar-refractivity contribution in [2.24, 2.45) is 0 Å². The van der Waals surface area contributed by atoms with Gasteiger partial charge in [-0.15, -0.1) is 0 Å². The molecule has 1 aliphatic rings. The number of aromatic nitrogens is 1. The first-order valence-corrected chi connectivity index (χ1v) is 6.34. The topological polar surface area (TPSA) is 89.8 Å². The molecule has 0 spiro atoms. The summed E-state index contributed by atoms with van der Waals surface area (Å²) in [4.78, 5) is 22.8. The van der Waals surface area contributed by atoms with Crippen LogP contribution in [0.3, 0.4) is 0 Å². The van der Waals surface area contributed by atoms with Crippen LogP contribution in [0.25, 0.3) is 0 Å². The molecule has 1 saturated heterocycles. The Hall–Kier alpha value is -1.86. The van der Waals surface area contributed by atoms with Crippen LogP contribution in [0.15, 0.2) is 18.3 Å². The zero-order chi connectivity index (χ0) is 14.6. The molecule has 1 amide bonds. The SMILES string of the molecule is COC1(CNC(=O)Cn2cccc2C(=O)O)CCOC1. The number of methoxy groups -OCH3 is 1. The first-order valence-electron chi connectivity index (χ1n) is 6.34. The van der Waals surface area contributed by atoms with Gasteiger partial charge in [0.25, 0.3) is 0 Å². The maximum atomic E-state index is 11.9. The fourth-order valence-electron chi connectivity index (χ4n) is 2.18. The van der Waals surface area contributed by atoms with Crippen molar-refractivity contribution in [3.8, 4) is 0 Å². The van der Waals surface area contributed by atoms with Gasteiger partial charge in [0, 0.05) is 32.9 Å². The van der Waals surface area contributed by atoms with Gasteiger partial charge >= 0.3 is 5.97 Å². The predicted molar refractivity (Wildman–Crippen MR) is 69.6 cm³/mol. The molecule has 0 aromatic carbocycles. The number of carboxylic acid groups (broad SMARTS) is 1. The molecule has 7 nitrogen and oxygen atoms in total. The Labute approximate surface area is 116 Å². The predicted octanol–water partition coefficient (Wildman–Crippen LogP) is 0.108. The number of hydrogen-bond acceptors (Lipinski definition) is 4. The van der Waals surface area contributed by atoms with Gasteiger partial charge in [0.05, 0.1) is 6.61 Å². The molecule has 1 aliphatic heterocycles. The Morgan fingerprint density at radius 1 is 1.60 bits per heavy atom. The van der Waals surface area contributed by atoms with Gasteiger partial charge in [-0.25, -0.2) is 4.79 Å². The Balaban J connectivity index is 1.89. The lowest BCUT2D eigenvalue weighted by atomic mass is 10.0. The monoisotopic (exact) mass is 282 g/mol. The van der Waals surface area contributed by atoms with E-state index in [1.807, 2.05) is 0 Å². The quantitative estimate of drug-likeness (QED) is 0.773. The van der Waals surface area contributed by atoms with Crippen LogP contribution in [0.1, 0.15) is 16.9 Å². The minimum absolute atomic E-state index is 0.0325. The molecule has 1 fully saturated rings. The molecule has 2 N–H and O–H groups in total. The van der Waals surface area contributed by atoms with E-state index in [-0.39, 0.29) is 18.1 Å². The summed E-state index contributed by atoms with van der Waals surface area (Å²) in [5, 5.41) is 11.7. The highest BCUT2D eigenvalue weighted by Gasteiger charge is 2.35. The van der Waals surface area contributed by atoms with Crippen LogP contribution in [-0.2, 0) is 20.8 Å². The Morgan fingerprint density at radius 3 is 3.00 bits per heavy atom. The lowest BCUT2D eigenvalue weighted by molar-refractivity contribution is -0.123. The van der Waals surface area contributed by atoms with Crippen LogP contribution in [0.4, 0.5) is 0 Å². The molecule has 20 heavy (non-hydrogen) atoms. The number of aromatic carboxylic acids is 1. The third-order valence-corrected chi connectivity index (χ3v) is 3.47. The maximum Gasteiger partial charge on any atom is 0.352 e. The number of rotatable bonds is 6. The van der Waals surface area contributed by atoms with Crippen LogP contribution in [-0.4, -0.2) is 54.0 Å². The van der Waals surface area contributed by atoms with Crippen molar-refractivity contribution in [2.75, 3.05) is 26.9 Å². The number of carbonyl (C=O) groups is 2. The number of amides is 1. The normalized spacial score (nSPS) is 21.9. The van der Waals surface area contributed by atoms with Crippen LogP contribution in [0, 0.1) is 0 Å². The first kappa shape index (κ1) is 14.5. The lowest BCUT2D eigenvalue weighted by Crippen LogP contribution is -2.45. The third-order valence-electron chi connectivity index (χ3n) is 3.47. The number of nitrogens with one attached hydrogen (secondary N) is 1. The highest BCUT2D eigenvalue weighted by atomic mass is 16.5. The summed E-state index contributed by atoms with van der Waals surface area (Å²) in [6.45, 7) is 1.39. The summed E-state index contributed by atoms with van der Waals surface area (Å²) in [6.07, 6.45) is 2.29. The molecule has 2 heterocycles. The van der Waals surface area contributed by atoms with E-state index in [9.17, 15) is 9.59 Å². The van der Waals surface area contributed by atoms with Gasteiger partial charge in [0.1, 0.15) is 17.8 Å². The van der Waals surface area contributed by atoms with Gasteiger partial charge in [-0.2, -0.15) is 0 Å². The Kier molecular flexibility index (Phi) is 4.41. The summed E-state index contributed by atoms with van der Waals surface area (Å²) in [5.41, 5.74) is -0.382. The average Bonchev–Trinajstić information content (AvgIpc) is 3.05. The van der Waals surface area contributed by atoms with Gasteiger partial charge in [-0.1, -0.05) is 0 Å². The fraction of sp³-hybridized carbons (Fsp3) is 0.538. The van der Waals surface area contributed by atoms with Gasteiger partial charge in [0.15, 0.2) is 0 Å². The van der Waals surface area contributed by atoms with Crippen LogP contribution < -0.4 is 5.32 Å². The molecule has 1 unspecified atom stereocenters. The molecule has 0 aliphatic carbocycles. The van der Waals surface area contributed by atoms with Crippen molar-refractivity contribution < 1.29 is 24.2 Å². The molecule has 1 aromatic heterocycles. The van der Waals surface area contributed by atoms with Crippen LogP contribution in [0.2, 0.25) is 0 Å². The molecular weight excluding hydrogens is 264 g/mol. The molecule has 7 heteroatoms. The zero-order valence-electron chi connectivity index (χ0n) is 11.3. The van der Waals surface area contributed by atoms with E-state index < -0.39 is 11.6 Å². The molecule has 0 radical (unpaired) electrons. The zero-order valence-corrected chi connectivity index (χ0v) is 11.3. The van der Waals surface area contributed by atoms with Gasteiger partial charge < -0.3 is 24.5 Å². The number of nitrogens with zero attached hydrogens (tertiary/aromatic N) is 1. The molecule has 110 valence electrons. The smallest absolute Gasteiger partial charge is 0.352 e. The standard InChI is InChI=1S/C13H18N2O5/c1-19-13(4-6-20-9-13)8-14-11(16)7-15-5-2-3-10(15)12(17)18/h2-3,5H,4,6-9H2,1H3,(H,14,16)(H,17,18). The van der Waals surface area contributed by atoms with Crippen molar-refractivity contribution in [3.63, 3.8) is 0 Å². The van der Waals surface area contributed by atoms with Crippen molar-refractivity contribution in [3.05, 3.63) is 24.0 Å². The number of ether oxygens (including phenoxy) is 2. The summed E-state index contributed by atoms with van der Waals surface area (Å²) >= 11 is 0. The second-order valence-electron chi connectivity index (χ2n) is 4.79. The third kappa shape index (κ3) is 3.17. The van der Waals surface area contributed by atoms with Crippen molar-refractivity contribution in [2.45, 2.75) is 18.6 Å². The number of hydrogen-bond donors (Lipinski definition) is 2. The van der Waals surface area contributed by atoms with Crippen molar-refractivity contribution in [1.82, 2.24) is 9.88 Å². The van der Waals surface area contributed by atoms with Gasteiger partial charge in [-0.3, -0.25) is 4.79 Å². The summed E-state index contributed by atoms with van der Waals surface area (Å²) < 4.78 is 12.1. The molecule has 1 aromatic rings. The van der Waals surface area contributed by atoms with E-state index in [1.165, 1.54) is 10.6 Å². The number of carbonyl (C=O) groups excluding carboxylic acids is 1. The minimum atomic E-state index is -1.06. The first-order chi connectivity index (χ1) is 9.56. The van der Waals surface area contributed by atoms with Crippen LogP contribution >= 0.6 is 0 Å². The molecule has 0 bridgehead atoms. The molecule has 1 atom stereocenters. The highest BCUT2D eigenvalue weighted by Crippen LogP contribution is 2.21. The van der Waals surface area contributed by atoms with Crippen LogP contribution in [0.5, 0.6) is 0 Å². The van der Waals surface area contributed by atoms with Crippen molar-refractivity contribution in [1.29, 1.82) is 0 Å². The largest absolute Gasteiger partial charge is 0.477 e. The lowest BCUT2D eigenvalue weighted by Gasteiger charge is -2.25. The van der Waals surface area contributed by atoms with E-state index in [4.69, 9.17) is 14.6 Å². The van der Waals surface area contributed by atoms with E-state index >= 15 is 0 Å². The second kappa shape index (κ2) is 6.06. The Morgan fingerprint density at radius 2 is 2.40 bits per heavy atom. The van der Waals surface area contributed by atoms with E-state index in [0.717, 1.165) is 6.42 Å². The second-order valence-corrected chi connectivity index (χ2v) is 4.79. The fourth-order valence-corrected chi connectivity index (χ4v) is 2.18. The summed E-state index contributed by atoms with van der Waals surface area (Å²) in [7, 11) is 1.59.